The molecule has 4 N–H and O–H groups in total. The van der Waals surface area contributed by atoms with E-state index in [2.05, 4.69) is 22.8 Å². The minimum absolute atomic E-state index is 0.102. The van der Waals surface area contributed by atoms with Crippen LogP contribution in [-0.2, 0) is 20.8 Å². The molecule has 4 rings (SSSR count). The van der Waals surface area contributed by atoms with Crippen molar-refractivity contribution in [3.05, 3.63) is 65.7 Å². The third kappa shape index (κ3) is 6.35. The number of para-hydroxylation sites is 1. The average Bonchev–Trinajstić information content (AvgIpc) is 3.30. The summed E-state index contributed by atoms with van der Waals surface area (Å²) in [5, 5.41) is 6.05. The van der Waals surface area contributed by atoms with Crippen LogP contribution < -0.4 is 21.1 Å². The van der Waals surface area contributed by atoms with Gasteiger partial charge in [-0.15, -0.1) is 0 Å². The highest BCUT2D eigenvalue weighted by Crippen LogP contribution is 2.32. The lowest BCUT2D eigenvalue weighted by atomic mass is 9.85. The molecule has 1 aliphatic carbocycles. The summed E-state index contributed by atoms with van der Waals surface area (Å²) in [5.41, 5.74) is 7.58. The summed E-state index contributed by atoms with van der Waals surface area (Å²) in [5.74, 6) is -0.237. The second-order valence-electron chi connectivity index (χ2n) is 11.5. The first-order chi connectivity index (χ1) is 18.0. The van der Waals surface area contributed by atoms with Crippen LogP contribution in [0.5, 0.6) is 5.75 Å². The second-order valence-corrected chi connectivity index (χ2v) is 11.5. The topological polar surface area (TPSA) is 114 Å². The smallest absolute Gasteiger partial charge is 0.246 e. The SMILES string of the molecule is C[C@H](N)C(=O)N[C@H](C(=O)N1C[C@@H](Oc2ccccc2)C[C@H]1C(=O)N[C@H]1CCCc2ccccc21)C(C)(C)C. The van der Waals surface area contributed by atoms with Crippen LogP contribution in [0.3, 0.4) is 0 Å². The van der Waals surface area contributed by atoms with Crippen molar-refractivity contribution in [2.45, 2.75) is 83.6 Å². The van der Waals surface area contributed by atoms with Gasteiger partial charge < -0.3 is 26.0 Å². The van der Waals surface area contributed by atoms with Crippen molar-refractivity contribution in [1.29, 1.82) is 0 Å². The molecule has 2 aromatic carbocycles. The Balaban J connectivity index is 1.58. The minimum Gasteiger partial charge on any atom is -0.488 e. The number of hydrogen-bond acceptors (Lipinski definition) is 5. The molecule has 2 aromatic rings. The van der Waals surface area contributed by atoms with Gasteiger partial charge in [0.25, 0.3) is 0 Å². The van der Waals surface area contributed by atoms with E-state index in [1.807, 2.05) is 63.2 Å². The molecule has 0 unspecified atom stereocenters. The van der Waals surface area contributed by atoms with Gasteiger partial charge in [-0.2, -0.15) is 0 Å². The van der Waals surface area contributed by atoms with Crippen molar-refractivity contribution in [1.82, 2.24) is 15.5 Å². The van der Waals surface area contributed by atoms with E-state index in [0.29, 0.717) is 12.2 Å². The van der Waals surface area contributed by atoms with Crippen LogP contribution in [0, 0.1) is 5.41 Å². The van der Waals surface area contributed by atoms with Gasteiger partial charge in [0.05, 0.1) is 18.6 Å². The number of fused-ring (bicyclic) bond motifs is 1. The molecule has 0 saturated carbocycles. The van der Waals surface area contributed by atoms with Crippen molar-refractivity contribution in [2.75, 3.05) is 6.54 Å². The highest BCUT2D eigenvalue weighted by molar-refractivity contribution is 5.94. The van der Waals surface area contributed by atoms with Crippen LogP contribution in [0.25, 0.3) is 0 Å². The molecule has 8 heteroatoms. The predicted molar refractivity (Wildman–Crippen MR) is 146 cm³/mol. The molecule has 2 aliphatic rings. The number of nitrogens with two attached hydrogens (primary N) is 1. The number of nitrogens with one attached hydrogen (secondary N) is 2. The Morgan fingerprint density at radius 1 is 1.05 bits per heavy atom. The number of likely N-dealkylation sites (tertiary alicyclic amines) is 1. The van der Waals surface area contributed by atoms with Crippen molar-refractivity contribution in [3.63, 3.8) is 0 Å². The zero-order valence-corrected chi connectivity index (χ0v) is 22.8. The quantitative estimate of drug-likeness (QED) is 0.519. The van der Waals surface area contributed by atoms with Crippen molar-refractivity contribution in [2.24, 2.45) is 11.1 Å². The maximum Gasteiger partial charge on any atom is 0.246 e. The van der Waals surface area contributed by atoms with Gasteiger partial charge in [0, 0.05) is 6.42 Å². The van der Waals surface area contributed by atoms with Gasteiger partial charge in [-0.1, -0.05) is 63.2 Å². The summed E-state index contributed by atoms with van der Waals surface area (Å²) < 4.78 is 6.19. The molecule has 1 aliphatic heterocycles. The lowest BCUT2D eigenvalue weighted by Gasteiger charge is -2.36. The monoisotopic (exact) mass is 520 g/mol. The maximum absolute atomic E-state index is 14.0. The number of rotatable bonds is 7. The number of benzene rings is 2. The van der Waals surface area contributed by atoms with Crippen molar-refractivity contribution < 1.29 is 19.1 Å². The van der Waals surface area contributed by atoms with E-state index in [9.17, 15) is 14.4 Å². The van der Waals surface area contributed by atoms with Gasteiger partial charge in [-0.05, 0) is 54.9 Å². The van der Waals surface area contributed by atoms with E-state index in [1.54, 1.807) is 11.8 Å². The fraction of sp³-hybridized carbons (Fsp3) is 0.500. The summed E-state index contributed by atoms with van der Waals surface area (Å²) in [6, 6.07) is 15.2. The second kappa shape index (κ2) is 11.6. The number of nitrogens with zero attached hydrogens (tertiary/aromatic N) is 1. The molecule has 5 atom stereocenters. The summed E-state index contributed by atoms with van der Waals surface area (Å²) in [6.45, 7) is 7.49. The van der Waals surface area contributed by atoms with E-state index >= 15 is 0 Å². The lowest BCUT2D eigenvalue weighted by molar-refractivity contribution is -0.144. The Morgan fingerprint density at radius 3 is 2.42 bits per heavy atom. The number of ether oxygens (including phenoxy) is 1. The Hall–Kier alpha value is -3.39. The van der Waals surface area contributed by atoms with E-state index < -0.39 is 29.4 Å². The highest BCUT2D eigenvalue weighted by Gasteiger charge is 2.46. The highest BCUT2D eigenvalue weighted by atomic mass is 16.5. The maximum atomic E-state index is 14.0. The summed E-state index contributed by atoms with van der Waals surface area (Å²) in [7, 11) is 0. The largest absolute Gasteiger partial charge is 0.488 e. The van der Waals surface area contributed by atoms with Crippen LogP contribution in [0.4, 0.5) is 0 Å². The molecule has 0 radical (unpaired) electrons. The molecule has 1 fully saturated rings. The molecule has 0 bridgehead atoms. The third-order valence-corrected chi connectivity index (χ3v) is 7.39. The first kappa shape index (κ1) is 27.6. The Labute approximate surface area is 225 Å². The zero-order valence-electron chi connectivity index (χ0n) is 22.8. The Bertz CT molecular complexity index is 1140. The molecule has 1 heterocycles. The minimum atomic E-state index is -0.845. The molecule has 0 spiro atoms. The molecular weight excluding hydrogens is 480 g/mol. The molecule has 1 saturated heterocycles. The number of hydrogen-bond donors (Lipinski definition) is 3. The van der Waals surface area contributed by atoms with E-state index in [-0.39, 0.29) is 30.5 Å². The van der Waals surface area contributed by atoms with E-state index in [1.165, 1.54) is 5.56 Å². The van der Waals surface area contributed by atoms with Gasteiger partial charge >= 0.3 is 0 Å². The van der Waals surface area contributed by atoms with Crippen LogP contribution >= 0.6 is 0 Å². The zero-order chi connectivity index (χ0) is 27.4. The summed E-state index contributed by atoms with van der Waals surface area (Å²) in [4.78, 5) is 41.8. The Morgan fingerprint density at radius 2 is 1.74 bits per heavy atom. The number of carbonyl (C=O) groups excluding carboxylic acids is 3. The van der Waals surface area contributed by atoms with Crippen LogP contribution in [0.15, 0.2) is 54.6 Å². The number of amides is 3. The fourth-order valence-corrected chi connectivity index (χ4v) is 5.33. The number of carbonyl (C=O) groups is 3. The van der Waals surface area contributed by atoms with Crippen LogP contribution in [-0.4, -0.2) is 53.4 Å². The summed E-state index contributed by atoms with van der Waals surface area (Å²) in [6.07, 6.45) is 2.84. The number of aryl methyl sites for hydroxylation is 1. The fourth-order valence-electron chi connectivity index (χ4n) is 5.33. The first-order valence-corrected chi connectivity index (χ1v) is 13.5. The van der Waals surface area contributed by atoms with Crippen LogP contribution in [0.1, 0.15) is 64.1 Å². The lowest BCUT2D eigenvalue weighted by Crippen LogP contribution is -2.59. The molecule has 3 amide bonds. The van der Waals surface area contributed by atoms with Gasteiger partial charge in [-0.3, -0.25) is 14.4 Å². The molecule has 204 valence electrons. The average molecular weight is 521 g/mol. The van der Waals surface area contributed by atoms with E-state index in [4.69, 9.17) is 10.5 Å². The van der Waals surface area contributed by atoms with Gasteiger partial charge in [-0.25, -0.2) is 0 Å². The Kier molecular flexibility index (Phi) is 8.41. The van der Waals surface area contributed by atoms with Gasteiger partial charge in [0.1, 0.15) is 23.9 Å². The first-order valence-electron chi connectivity index (χ1n) is 13.5. The summed E-state index contributed by atoms with van der Waals surface area (Å²) >= 11 is 0. The van der Waals surface area contributed by atoms with Gasteiger partial charge in [0.2, 0.25) is 17.7 Å². The van der Waals surface area contributed by atoms with Crippen LogP contribution in [0.2, 0.25) is 0 Å². The molecule has 38 heavy (non-hydrogen) atoms. The molecular formula is C30H40N4O4. The van der Waals surface area contributed by atoms with Crippen molar-refractivity contribution in [3.8, 4) is 5.75 Å². The normalized spacial score (nSPS) is 22.7. The van der Waals surface area contributed by atoms with Crippen molar-refractivity contribution >= 4 is 17.7 Å². The molecule has 0 aromatic heterocycles. The van der Waals surface area contributed by atoms with E-state index in [0.717, 1.165) is 24.8 Å². The predicted octanol–water partition coefficient (Wildman–Crippen LogP) is 3.11. The van der Waals surface area contributed by atoms with Gasteiger partial charge in [0.15, 0.2) is 0 Å². The third-order valence-electron chi connectivity index (χ3n) is 7.39. The standard InChI is InChI=1S/C30H40N4O4/c1-19(31)27(35)33-26(30(2,3)4)29(37)34-18-22(38-21-13-6-5-7-14-21)17-25(34)28(36)32-24-16-10-12-20-11-8-9-15-23(20)24/h5-9,11,13-15,19,22,24-26H,10,12,16-18,31H2,1-4H3,(H,32,36)(H,33,35)/t19-,22-,24-,25-,26+/m0/s1. The molecule has 8 nitrogen and oxygen atoms in total.